The van der Waals surface area contributed by atoms with Gasteiger partial charge in [-0.05, 0) is 29.8 Å². The minimum atomic E-state index is -4.65. The molecule has 0 unspecified atom stereocenters. The lowest BCUT2D eigenvalue weighted by Crippen LogP contribution is -2.19. The molecule has 0 saturated carbocycles. The molecule has 3 rings (SSSR count). The monoisotopic (exact) mass is 429 g/mol. The summed E-state index contributed by atoms with van der Waals surface area (Å²) in [5.74, 6) is -0.878. The molecule has 0 aliphatic rings. The maximum Gasteiger partial charge on any atom is 0.418 e. The summed E-state index contributed by atoms with van der Waals surface area (Å²) in [6.07, 6.45) is -4.65. The van der Waals surface area contributed by atoms with E-state index in [9.17, 15) is 28.1 Å². The largest absolute Gasteiger partial charge is 0.418 e. The molecule has 0 aliphatic carbocycles. The van der Waals surface area contributed by atoms with Crippen molar-refractivity contribution in [3.63, 3.8) is 0 Å². The zero-order valence-corrected chi connectivity index (χ0v) is 16.4. The van der Waals surface area contributed by atoms with Gasteiger partial charge in [0.2, 0.25) is 0 Å². The molecule has 0 radical (unpaired) electrons. The van der Waals surface area contributed by atoms with Crippen molar-refractivity contribution in [3.8, 4) is 0 Å². The van der Waals surface area contributed by atoms with Crippen LogP contribution in [0.3, 0.4) is 0 Å². The number of carbonyl (C=O) groups is 1. The van der Waals surface area contributed by atoms with Gasteiger partial charge >= 0.3 is 6.18 Å². The first-order valence-corrected chi connectivity index (χ1v) is 9.18. The Morgan fingerprint density at radius 3 is 2.32 bits per heavy atom. The summed E-state index contributed by atoms with van der Waals surface area (Å²) in [6.45, 7) is 0.395. The van der Waals surface area contributed by atoms with Gasteiger partial charge in [-0.15, -0.1) is 0 Å². The number of amides is 1. The van der Waals surface area contributed by atoms with Crippen LogP contribution in [0.1, 0.15) is 21.5 Å². The van der Waals surface area contributed by atoms with Crippen LogP contribution in [0, 0.1) is 10.1 Å². The highest BCUT2D eigenvalue weighted by atomic mass is 19.4. The molecule has 1 amide bonds. The van der Waals surface area contributed by atoms with Crippen molar-refractivity contribution in [1.82, 2.24) is 0 Å². The van der Waals surface area contributed by atoms with Crippen molar-refractivity contribution >= 4 is 23.0 Å². The maximum absolute atomic E-state index is 13.1. The minimum Gasteiger partial charge on any atom is -0.365 e. The molecule has 0 atom stereocenters. The highest BCUT2D eigenvalue weighted by molar-refractivity contribution is 6.05. The van der Waals surface area contributed by atoms with Gasteiger partial charge in [-0.1, -0.05) is 42.5 Å². The number of hydrogen-bond donors (Lipinski definition) is 1. The number of nitro benzene ring substituents is 1. The van der Waals surface area contributed by atoms with E-state index in [4.69, 9.17) is 0 Å². The SMILES string of the molecule is CN(Cc1ccccc1)c1ccc(C(=O)Nc2ccccc2C(F)(F)F)cc1[N+](=O)[O-]. The molecule has 3 aromatic rings. The second-order valence-corrected chi connectivity index (χ2v) is 6.80. The third-order valence-electron chi connectivity index (χ3n) is 4.59. The number of anilines is 2. The van der Waals surface area contributed by atoms with Crippen molar-refractivity contribution in [2.24, 2.45) is 0 Å². The predicted molar refractivity (Wildman–Crippen MR) is 111 cm³/mol. The van der Waals surface area contributed by atoms with E-state index in [-0.39, 0.29) is 16.9 Å². The van der Waals surface area contributed by atoms with E-state index in [0.29, 0.717) is 6.54 Å². The number of rotatable bonds is 6. The third-order valence-corrected chi connectivity index (χ3v) is 4.59. The summed E-state index contributed by atoms with van der Waals surface area (Å²) >= 11 is 0. The van der Waals surface area contributed by atoms with Gasteiger partial charge in [-0.2, -0.15) is 13.2 Å². The zero-order chi connectivity index (χ0) is 22.6. The van der Waals surface area contributed by atoms with Crippen LogP contribution >= 0.6 is 0 Å². The second kappa shape index (κ2) is 8.86. The number of nitrogens with zero attached hydrogens (tertiary/aromatic N) is 2. The first-order valence-electron chi connectivity index (χ1n) is 9.18. The lowest BCUT2D eigenvalue weighted by molar-refractivity contribution is -0.384. The molecule has 0 saturated heterocycles. The van der Waals surface area contributed by atoms with Gasteiger partial charge in [0.15, 0.2) is 0 Å². The molecule has 0 bridgehead atoms. The number of nitro groups is 1. The Labute approximate surface area is 176 Å². The van der Waals surface area contributed by atoms with Crippen LogP contribution in [-0.4, -0.2) is 17.9 Å². The van der Waals surface area contributed by atoms with Crippen molar-refractivity contribution in [2.75, 3.05) is 17.3 Å². The van der Waals surface area contributed by atoms with Gasteiger partial charge in [-0.3, -0.25) is 14.9 Å². The summed E-state index contributed by atoms with van der Waals surface area (Å²) < 4.78 is 39.4. The van der Waals surface area contributed by atoms with E-state index in [1.54, 1.807) is 11.9 Å². The average molecular weight is 429 g/mol. The topological polar surface area (TPSA) is 75.5 Å². The Hall–Kier alpha value is -3.88. The third kappa shape index (κ3) is 5.19. The molecule has 0 spiro atoms. The Balaban J connectivity index is 1.87. The van der Waals surface area contributed by atoms with Crippen molar-refractivity contribution in [1.29, 1.82) is 0 Å². The molecule has 160 valence electrons. The number of halogens is 3. The van der Waals surface area contributed by atoms with Gasteiger partial charge in [0, 0.05) is 25.2 Å². The Morgan fingerprint density at radius 2 is 1.68 bits per heavy atom. The van der Waals surface area contributed by atoms with Gasteiger partial charge in [0.05, 0.1) is 16.2 Å². The predicted octanol–water partition coefficient (Wildman–Crippen LogP) is 5.50. The summed E-state index contributed by atoms with van der Waals surface area (Å²) in [6, 6.07) is 17.7. The Bertz CT molecular complexity index is 1100. The molecule has 0 aromatic heterocycles. The summed E-state index contributed by atoms with van der Waals surface area (Å²) in [7, 11) is 1.68. The number of para-hydroxylation sites is 1. The molecule has 6 nitrogen and oxygen atoms in total. The lowest BCUT2D eigenvalue weighted by atomic mass is 10.1. The molecule has 0 heterocycles. The fourth-order valence-electron chi connectivity index (χ4n) is 3.11. The summed E-state index contributed by atoms with van der Waals surface area (Å²) in [5.41, 5.74) is -0.660. The minimum absolute atomic E-state index is 0.125. The summed E-state index contributed by atoms with van der Waals surface area (Å²) in [4.78, 5) is 25.2. The van der Waals surface area contributed by atoms with E-state index in [2.05, 4.69) is 5.32 Å². The molecule has 9 heteroatoms. The normalized spacial score (nSPS) is 11.1. The van der Waals surface area contributed by atoms with Crippen LogP contribution in [-0.2, 0) is 12.7 Å². The second-order valence-electron chi connectivity index (χ2n) is 6.80. The molecular formula is C22H18F3N3O3. The number of carbonyl (C=O) groups excluding carboxylic acids is 1. The number of benzene rings is 3. The first kappa shape index (κ1) is 21.8. The van der Waals surface area contributed by atoms with Crippen molar-refractivity contribution in [2.45, 2.75) is 12.7 Å². The number of hydrogen-bond acceptors (Lipinski definition) is 4. The quantitative estimate of drug-likeness (QED) is 0.415. The van der Waals surface area contributed by atoms with Crippen molar-refractivity contribution < 1.29 is 22.9 Å². The van der Waals surface area contributed by atoms with Gasteiger partial charge in [0.1, 0.15) is 5.69 Å². The highest BCUT2D eigenvalue weighted by Gasteiger charge is 2.33. The van der Waals surface area contributed by atoms with Crippen LogP contribution < -0.4 is 10.2 Å². The molecule has 0 aliphatic heterocycles. The standard InChI is InChI=1S/C22H18F3N3O3/c1-27(14-15-7-3-2-4-8-15)19-12-11-16(13-20(19)28(30)31)21(29)26-18-10-6-5-9-17(18)22(23,24)25/h2-13H,14H2,1H3,(H,26,29). The van der Waals surface area contributed by atoms with E-state index in [1.807, 2.05) is 30.3 Å². The maximum atomic E-state index is 13.1. The van der Waals surface area contributed by atoms with Crippen LogP contribution in [0.5, 0.6) is 0 Å². The van der Waals surface area contributed by atoms with E-state index in [1.165, 1.54) is 24.3 Å². The summed E-state index contributed by atoms with van der Waals surface area (Å²) in [5, 5.41) is 13.8. The average Bonchev–Trinajstić information content (AvgIpc) is 2.73. The zero-order valence-electron chi connectivity index (χ0n) is 16.4. The molecular weight excluding hydrogens is 411 g/mol. The van der Waals surface area contributed by atoms with E-state index in [0.717, 1.165) is 23.8 Å². The van der Waals surface area contributed by atoms with Crippen LogP contribution in [0.15, 0.2) is 72.8 Å². The van der Waals surface area contributed by atoms with E-state index >= 15 is 0 Å². The number of alkyl halides is 3. The van der Waals surface area contributed by atoms with Crippen LogP contribution in [0.4, 0.5) is 30.2 Å². The highest BCUT2D eigenvalue weighted by Crippen LogP contribution is 2.35. The fraction of sp³-hybridized carbons (Fsp3) is 0.136. The van der Waals surface area contributed by atoms with Crippen LogP contribution in [0.2, 0.25) is 0 Å². The smallest absolute Gasteiger partial charge is 0.365 e. The molecule has 0 fully saturated rings. The lowest BCUT2D eigenvalue weighted by Gasteiger charge is -2.20. The van der Waals surface area contributed by atoms with E-state index < -0.39 is 28.3 Å². The fourth-order valence-corrected chi connectivity index (χ4v) is 3.11. The Kier molecular flexibility index (Phi) is 6.24. The van der Waals surface area contributed by atoms with Crippen LogP contribution in [0.25, 0.3) is 0 Å². The molecule has 1 N–H and O–H groups in total. The Morgan fingerprint density at radius 1 is 1.03 bits per heavy atom. The molecule has 31 heavy (non-hydrogen) atoms. The first-order chi connectivity index (χ1) is 14.7. The van der Waals surface area contributed by atoms with Gasteiger partial charge in [0.25, 0.3) is 11.6 Å². The number of nitrogens with one attached hydrogen (secondary N) is 1. The molecule has 3 aromatic carbocycles. The van der Waals surface area contributed by atoms with Crippen molar-refractivity contribution in [3.05, 3.63) is 99.6 Å². The van der Waals surface area contributed by atoms with Gasteiger partial charge in [-0.25, -0.2) is 0 Å². The van der Waals surface area contributed by atoms with Gasteiger partial charge < -0.3 is 10.2 Å².